The molecule has 2 rings (SSSR count). The molecular weight excluding hydrogens is 452 g/mol. The summed E-state index contributed by atoms with van der Waals surface area (Å²) in [6.45, 7) is 6.75. The summed E-state index contributed by atoms with van der Waals surface area (Å²) in [7, 11) is 0. The fourth-order valence-electron chi connectivity index (χ4n) is 4.24. The normalized spacial score (nSPS) is 11.4. The lowest BCUT2D eigenvalue weighted by atomic mass is 10.1. The number of nitriles is 1. The van der Waals surface area contributed by atoms with Crippen LogP contribution in [-0.2, 0) is 4.79 Å². The predicted octanol–water partition coefficient (Wildman–Crippen LogP) is 8.93. The van der Waals surface area contributed by atoms with Crippen LogP contribution in [0, 0.1) is 11.3 Å². The number of unbranched alkanes of at least 4 members (excludes halogenated alkanes) is 10. The lowest BCUT2D eigenvalue weighted by Gasteiger charge is -2.25. The highest BCUT2D eigenvalue weighted by atomic mass is 32.1. The van der Waals surface area contributed by atoms with Gasteiger partial charge in [0.1, 0.15) is 11.6 Å². The van der Waals surface area contributed by atoms with Crippen molar-refractivity contribution >= 4 is 29.1 Å². The van der Waals surface area contributed by atoms with E-state index in [1.807, 2.05) is 12.1 Å². The van der Waals surface area contributed by atoms with Crippen LogP contribution in [0.25, 0.3) is 16.5 Å². The molecule has 1 aromatic heterocycles. The quantitative estimate of drug-likeness (QED) is 0.128. The molecule has 0 bridgehead atoms. The van der Waals surface area contributed by atoms with Gasteiger partial charge in [-0.3, -0.25) is 0 Å². The van der Waals surface area contributed by atoms with Gasteiger partial charge in [0.15, 0.2) is 0 Å². The number of hydrogen-bond acceptors (Lipinski definition) is 4. The van der Waals surface area contributed by atoms with E-state index < -0.39 is 5.97 Å². The number of aliphatic carboxylic acids is 1. The largest absolute Gasteiger partial charge is 0.477 e. The monoisotopic (exact) mass is 494 g/mol. The first-order valence-corrected chi connectivity index (χ1v) is 14.2. The highest BCUT2D eigenvalue weighted by molar-refractivity contribution is 7.16. The number of rotatable bonds is 18. The number of benzene rings is 1. The number of carboxylic acid groups (broad SMARTS) is 1. The van der Waals surface area contributed by atoms with Crippen LogP contribution in [-0.4, -0.2) is 24.2 Å². The summed E-state index contributed by atoms with van der Waals surface area (Å²) in [6, 6.07) is 14.4. The van der Waals surface area contributed by atoms with E-state index in [2.05, 4.69) is 43.0 Å². The van der Waals surface area contributed by atoms with Crippen molar-refractivity contribution in [2.45, 2.75) is 90.9 Å². The molecular formula is C30H42N2O2S. The van der Waals surface area contributed by atoms with Gasteiger partial charge in [0, 0.05) is 28.5 Å². The van der Waals surface area contributed by atoms with Crippen LogP contribution in [0.15, 0.2) is 42.0 Å². The molecule has 0 aliphatic heterocycles. The third-order valence-electron chi connectivity index (χ3n) is 6.34. The third kappa shape index (κ3) is 10.7. The zero-order chi connectivity index (χ0) is 25.3. The van der Waals surface area contributed by atoms with Crippen LogP contribution in [0.4, 0.5) is 5.69 Å². The Bertz CT molecular complexity index is 924. The summed E-state index contributed by atoms with van der Waals surface area (Å²) in [6.07, 6.45) is 17.2. The molecule has 1 N–H and O–H groups in total. The van der Waals surface area contributed by atoms with Crippen LogP contribution >= 0.6 is 11.3 Å². The Kier molecular flexibility index (Phi) is 13.9. The van der Waals surface area contributed by atoms with Crippen LogP contribution in [0.1, 0.15) is 95.8 Å². The molecule has 0 atom stereocenters. The van der Waals surface area contributed by atoms with Crippen molar-refractivity contribution < 1.29 is 9.90 Å². The molecule has 0 saturated heterocycles. The van der Waals surface area contributed by atoms with Gasteiger partial charge in [-0.25, -0.2) is 4.79 Å². The van der Waals surface area contributed by atoms with Gasteiger partial charge in [0.05, 0.1) is 0 Å². The van der Waals surface area contributed by atoms with E-state index in [0.717, 1.165) is 28.4 Å². The fraction of sp³-hybridized carbons (Fsp3) is 0.533. The Morgan fingerprint density at radius 3 is 1.91 bits per heavy atom. The first kappa shape index (κ1) is 28.7. The lowest BCUT2D eigenvalue weighted by molar-refractivity contribution is -0.132. The van der Waals surface area contributed by atoms with Crippen LogP contribution < -0.4 is 4.90 Å². The summed E-state index contributed by atoms with van der Waals surface area (Å²) >= 11 is 1.50. The standard InChI is InChI=1S/C30H42N2O2S/c1-3-5-7-9-11-13-21-32(22-14-12-10-8-6-4-2)27-17-15-25(16-18-27)29-20-19-28(35-29)23-26(24-31)30(33)34/h15-20,23H,3-14,21-22H2,1-2H3,(H,33,34). The van der Waals surface area contributed by atoms with Gasteiger partial charge in [-0.2, -0.15) is 5.26 Å². The SMILES string of the molecule is CCCCCCCCN(CCCCCCCC)c1ccc(-c2ccc(C=C(C#N)C(=O)O)s2)cc1. The van der Waals surface area contributed by atoms with Crippen LogP contribution in [0.2, 0.25) is 0 Å². The molecule has 0 aliphatic rings. The van der Waals surface area contributed by atoms with Crippen molar-refractivity contribution in [2.24, 2.45) is 0 Å². The summed E-state index contributed by atoms with van der Waals surface area (Å²) in [5.41, 5.74) is 2.16. The highest BCUT2D eigenvalue weighted by Gasteiger charge is 2.10. The lowest BCUT2D eigenvalue weighted by Crippen LogP contribution is -2.25. The zero-order valence-electron chi connectivity index (χ0n) is 21.6. The van der Waals surface area contributed by atoms with Crippen molar-refractivity contribution in [3.8, 4) is 16.5 Å². The molecule has 4 nitrogen and oxygen atoms in total. The van der Waals surface area contributed by atoms with E-state index in [4.69, 9.17) is 10.4 Å². The second-order valence-corrected chi connectivity index (χ2v) is 10.4. The second-order valence-electron chi connectivity index (χ2n) is 9.25. The number of nitrogens with zero attached hydrogens (tertiary/aromatic N) is 2. The number of anilines is 1. The molecule has 0 spiro atoms. The van der Waals surface area contributed by atoms with Crippen molar-refractivity contribution in [3.63, 3.8) is 0 Å². The van der Waals surface area contributed by atoms with Crippen molar-refractivity contribution in [1.82, 2.24) is 0 Å². The maximum Gasteiger partial charge on any atom is 0.346 e. The minimum absolute atomic E-state index is 0.242. The van der Waals surface area contributed by atoms with E-state index in [-0.39, 0.29) is 5.57 Å². The minimum Gasteiger partial charge on any atom is -0.477 e. The van der Waals surface area contributed by atoms with Crippen molar-refractivity contribution in [3.05, 3.63) is 46.8 Å². The average Bonchev–Trinajstić information content (AvgIpc) is 3.34. The Labute approximate surface area is 216 Å². The molecule has 190 valence electrons. The summed E-state index contributed by atoms with van der Waals surface area (Å²) in [4.78, 5) is 15.5. The summed E-state index contributed by atoms with van der Waals surface area (Å²) in [5, 5.41) is 18.1. The van der Waals surface area contributed by atoms with Crippen molar-refractivity contribution in [2.75, 3.05) is 18.0 Å². The van der Waals surface area contributed by atoms with E-state index >= 15 is 0 Å². The van der Waals surface area contributed by atoms with Gasteiger partial charge in [-0.05, 0) is 48.7 Å². The predicted molar refractivity (Wildman–Crippen MR) is 150 cm³/mol. The van der Waals surface area contributed by atoms with Gasteiger partial charge >= 0.3 is 5.97 Å². The number of hydrogen-bond donors (Lipinski definition) is 1. The van der Waals surface area contributed by atoms with Crippen molar-refractivity contribution in [1.29, 1.82) is 5.26 Å². The van der Waals surface area contributed by atoms with Gasteiger partial charge in [0.2, 0.25) is 0 Å². The summed E-state index contributed by atoms with van der Waals surface area (Å²) in [5.74, 6) is -1.19. The molecule has 1 aromatic carbocycles. The number of thiophene rings is 1. The molecule has 5 heteroatoms. The third-order valence-corrected chi connectivity index (χ3v) is 7.43. The Balaban J connectivity index is 2.01. The molecule has 0 amide bonds. The molecule has 2 aromatic rings. The average molecular weight is 495 g/mol. The molecule has 0 fully saturated rings. The maximum atomic E-state index is 11.1. The second kappa shape index (κ2) is 16.9. The Morgan fingerprint density at radius 1 is 0.857 bits per heavy atom. The smallest absolute Gasteiger partial charge is 0.346 e. The van der Waals surface area contributed by atoms with Crippen LogP contribution in [0.3, 0.4) is 0 Å². The van der Waals surface area contributed by atoms with E-state index in [9.17, 15) is 4.79 Å². The van der Waals surface area contributed by atoms with Gasteiger partial charge in [-0.15, -0.1) is 11.3 Å². The highest BCUT2D eigenvalue weighted by Crippen LogP contribution is 2.31. The number of carboxylic acids is 1. The van der Waals surface area contributed by atoms with Gasteiger partial charge in [0.25, 0.3) is 0 Å². The molecule has 0 saturated carbocycles. The topological polar surface area (TPSA) is 64.3 Å². The van der Waals surface area contributed by atoms with E-state index in [1.54, 1.807) is 6.07 Å². The van der Waals surface area contributed by atoms with Crippen LogP contribution in [0.5, 0.6) is 0 Å². The van der Waals surface area contributed by atoms with E-state index in [0.29, 0.717) is 0 Å². The van der Waals surface area contributed by atoms with Gasteiger partial charge < -0.3 is 10.0 Å². The first-order chi connectivity index (χ1) is 17.1. The fourth-order valence-corrected chi connectivity index (χ4v) is 5.20. The summed E-state index contributed by atoms with van der Waals surface area (Å²) < 4.78 is 0. The van der Waals surface area contributed by atoms with Gasteiger partial charge in [-0.1, -0.05) is 90.2 Å². The molecule has 35 heavy (non-hydrogen) atoms. The maximum absolute atomic E-state index is 11.1. The molecule has 0 unspecified atom stereocenters. The number of carbonyl (C=O) groups is 1. The molecule has 0 aliphatic carbocycles. The Hall–Kier alpha value is -2.58. The Morgan fingerprint density at radius 2 is 1.40 bits per heavy atom. The first-order valence-electron chi connectivity index (χ1n) is 13.4. The zero-order valence-corrected chi connectivity index (χ0v) is 22.4. The minimum atomic E-state index is -1.19. The van der Waals surface area contributed by atoms with E-state index in [1.165, 1.54) is 100 Å². The molecule has 1 heterocycles. The molecule has 0 radical (unpaired) electrons.